The average molecular weight is 172 g/mol. The Hall–Kier alpha value is -1.31. The van der Waals surface area contributed by atoms with Gasteiger partial charge >= 0.3 is 0 Å². The Balaban J connectivity index is 2.44. The number of hydrogen-bond acceptors (Lipinski definition) is 1. The van der Waals surface area contributed by atoms with Crippen molar-refractivity contribution >= 4 is 5.65 Å². The van der Waals surface area contributed by atoms with Gasteiger partial charge in [0, 0.05) is 11.9 Å². The molecule has 0 fully saturated rings. The first-order valence-corrected chi connectivity index (χ1v) is 4.82. The summed E-state index contributed by atoms with van der Waals surface area (Å²) >= 11 is 0. The summed E-state index contributed by atoms with van der Waals surface area (Å²) in [4.78, 5) is 4.66. The van der Waals surface area contributed by atoms with Crippen molar-refractivity contribution in [2.45, 2.75) is 26.2 Å². The van der Waals surface area contributed by atoms with Crippen molar-refractivity contribution in [2.75, 3.05) is 0 Å². The Bertz CT molecular complexity index is 468. The summed E-state index contributed by atoms with van der Waals surface area (Å²) < 4.78 is 2.25. The van der Waals surface area contributed by atoms with Crippen LogP contribution in [0, 0.1) is 6.92 Å². The Labute approximate surface area is 77.2 Å². The SMILES string of the molecule is Cc1cccn2c3c(nc12)CCC3. The van der Waals surface area contributed by atoms with Crippen molar-refractivity contribution in [1.29, 1.82) is 0 Å². The number of rotatable bonds is 0. The van der Waals surface area contributed by atoms with Gasteiger partial charge in [-0.15, -0.1) is 0 Å². The van der Waals surface area contributed by atoms with E-state index in [-0.39, 0.29) is 0 Å². The zero-order chi connectivity index (χ0) is 8.84. The molecule has 2 aromatic rings. The van der Waals surface area contributed by atoms with Gasteiger partial charge in [-0.2, -0.15) is 0 Å². The van der Waals surface area contributed by atoms with Gasteiger partial charge in [-0.3, -0.25) is 0 Å². The van der Waals surface area contributed by atoms with Crippen molar-refractivity contribution in [3.05, 3.63) is 35.3 Å². The summed E-state index contributed by atoms with van der Waals surface area (Å²) in [5, 5.41) is 0. The maximum Gasteiger partial charge on any atom is 0.140 e. The van der Waals surface area contributed by atoms with Crippen molar-refractivity contribution in [3.8, 4) is 0 Å². The molecule has 0 aromatic carbocycles. The Morgan fingerprint density at radius 3 is 3.23 bits per heavy atom. The van der Waals surface area contributed by atoms with E-state index < -0.39 is 0 Å². The smallest absolute Gasteiger partial charge is 0.140 e. The van der Waals surface area contributed by atoms with Gasteiger partial charge in [0.15, 0.2) is 0 Å². The molecule has 0 unspecified atom stereocenters. The fraction of sp³-hybridized carbons (Fsp3) is 0.364. The topological polar surface area (TPSA) is 17.3 Å². The van der Waals surface area contributed by atoms with Crippen LogP contribution in [-0.2, 0) is 12.8 Å². The summed E-state index contributed by atoms with van der Waals surface area (Å²) in [5.74, 6) is 0. The van der Waals surface area contributed by atoms with Gasteiger partial charge < -0.3 is 4.40 Å². The van der Waals surface area contributed by atoms with Crippen LogP contribution in [0.5, 0.6) is 0 Å². The molecule has 2 heteroatoms. The van der Waals surface area contributed by atoms with Crippen LogP contribution in [0.3, 0.4) is 0 Å². The third kappa shape index (κ3) is 0.857. The average Bonchev–Trinajstić information content (AvgIpc) is 2.65. The molecule has 1 aliphatic rings. The molecule has 0 spiro atoms. The van der Waals surface area contributed by atoms with E-state index in [1.165, 1.54) is 29.8 Å². The highest BCUT2D eigenvalue weighted by Gasteiger charge is 2.17. The van der Waals surface area contributed by atoms with Crippen molar-refractivity contribution in [3.63, 3.8) is 0 Å². The van der Waals surface area contributed by atoms with E-state index in [4.69, 9.17) is 0 Å². The molecule has 0 atom stereocenters. The van der Waals surface area contributed by atoms with E-state index in [0.717, 1.165) is 12.1 Å². The molecular formula is C11H12N2. The highest BCUT2D eigenvalue weighted by molar-refractivity contribution is 5.51. The van der Waals surface area contributed by atoms with Crippen LogP contribution in [0.2, 0.25) is 0 Å². The van der Waals surface area contributed by atoms with Crippen LogP contribution in [0.15, 0.2) is 18.3 Å². The van der Waals surface area contributed by atoms with Gasteiger partial charge in [0.25, 0.3) is 0 Å². The lowest BCUT2D eigenvalue weighted by molar-refractivity contribution is 0.868. The summed E-state index contributed by atoms with van der Waals surface area (Å²) in [6.45, 7) is 2.12. The first-order valence-electron chi connectivity index (χ1n) is 4.82. The molecule has 2 nitrogen and oxygen atoms in total. The van der Waals surface area contributed by atoms with Crippen LogP contribution < -0.4 is 0 Å². The van der Waals surface area contributed by atoms with Crippen LogP contribution >= 0.6 is 0 Å². The minimum Gasteiger partial charge on any atom is -0.304 e. The third-order valence-electron chi connectivity index (χ3n) is 2.85. The van der Waals surface area contributed by atoms with E-state index in [2.05, 4.69) is 34.6 Å². The second kappa shape index (κ2) is 2.34. The van der Waals surface area contributed by atoms with Gasteiger partial charge in [0.05, 0.1) is 5.69 Å². The van der Waals surface area contributed by atoms with Crippen molar-refractivity contribution < 1.29 is 0 Å². The van der Waals surface area contributed by atoms with E-state index in [9.17, 15) is 0 Å². The molecule has 0 saturated heterocycles. The second-order valence-corrected chi connectivity index (χ2v) is 3.74. The van der Waals surface area contributed by atoms with Gasteiger partial charge in [-0.05, 0) is 37.8 Å². The Morgan fingerprint density at radius 2 is 2.31 bits per heavy atom. The van der Waals surface area contributed by atoms with Crippen LogP contribution in [0.4, 0.5) is 0 Å². The quantitative estimate of drug-likeness (QED) is 0.595. The molecule has 0 aliphatic heterocycles. The highest BCUT2D eigenvalue weighted by Crippen LogP contribution is 2.23. The number of fused-ring (bicyclic) bond motifs is 3. The van der Waals surface area contributed by atoms with Crippen molar-refractivity contribution in [1.82, 2.24) is 9.38 Å². The molecule has 3 rings (SSSR count). The number of hydrogen-bond donors (Lipinski definition) is 0. The zero-order valence-corrected chi connectivity index (χ0v) is 7.75. The minimum atomic E-state index is 1.15. The number of pyridine rings is 1. The van der Waals surface area contributed by atoms with Crippen LogP contribution in [-0.4, -0.2) is 9.38 Å². The Morgan fingerprint density at radius 1 is 1.38 bits per heavy atom. The number of aromatic nitrogens is 2. The summed E-state index contributed by atoms with van der Waals surface area (Å²) in [6, 6.07) is 4.22. The highest BCUT2D eigenvalue weighted by atomic mass is 15.0. The number of imidazole rings is 1. The summed E-state index contributed by atoms with van der Waals surface area (Å²) in [5.41, 5.74) is 5.16. The fourth-order valence-electron chi connectivity index (χ4n) is 2.19. The molecular weight excluding hydrogens is 160 g/mol. The molecule has 0 amide bonds. The lowest BCUT2D eigenvalue weighted by Gasteiger charge is -1.99. The second-order valence-electron chi connectivity index (χ2n) is 3.74. The predicted molar refractivity (Wildman–Crippen MR) is 52.0 cm³/mol. The van der Waals surface area contributed by atoms with E-state index in [0.29, 0.717) is 0 Å². The molecule has 1 aliphatic carbocycles. The zero-order valence-electron chi connectivity index (χ0n) is 7.75. The Kier molecular flexibility index (Phi) is 1.29. The first kappa shape index (κ1) is 7.13. The lowest BCUT2D eigenvalue weighted by Crippen LogP contribution is -1.91. The van der Waals surface area contributed by atoms with Gasteiger partial charge in [0.1, 0.15) is 5.65 Å². The van der Waals surface area contributed by atoms with E-state index in [1.807, 2.05) is 0 Å². The lowest BCUT2D eigenvalue weighted by atomic mass is 10.3. The standard InChI is InChI=1S/C11H12N2/c1-8-4-3-7-13-10-6-2-5-9(10)12-11(8)13/h3-4,7H,2,5-6H2,1H3. The normalized spacial score (nSPS) is 15.2. The van der Waals surface area contributed by atoms with Crippen molar-refractivity contribution in [2.24, 2.45) is 0 Å². The molecule has 0 radical (unpaired) electrons. The minimum absolute atomic E-state index is 1.15. The molecule has 0 bridgehead atoms. The van der Waals surface area contributed by atoms with E-state index in [1.54, 1.807) is 0 Å². The monoisotopic (exact) mass is 172 g/mol. The van der Waals surface area contributed by atoms with Gasteiger partial charge in [-0.25, -0.2) is 4.98 Å². The summed E-state index contributed by atoms with van der Waals surface area (Å²) in [7, 11) is 0. The molecule has 0 saturated carbocycles. The largest absolute Gasteiger partial charge is 0.304 e. The molecule has 13 heavy (non-hydrogen) atoms. The molecule has 2 heterocycles. The first-order chi connectivity index (χ1) is 6.36. The maximum absolute atomic E-state index is 4.66. The van der Waals surface area contributed by atoms with Crippen LogP contribution in [0.1, 0.15) is 23.4 Å². The maximum atomic E-state index is 4.66. The third-order valence-corrected chi connectivity index (χ3v) is 2.85. The molecule has 0 N–H and O–H groups in total. The summed E-state index contributed by atoms with van der Waals surface area (Å²) in [6.07, 6.45) is 5.75. The van der Waals surface area contributed by atoms with E-state index >= 15 is 0 Å². The molecule has 2 aromatic heterocycles. The van der Waals surface area contributed by atoms with Gasteiger partial charge in [-0.1, -0.05) is 6.07 Å². The molecule has 66 valence electrons. The van der Waals surface area contributed by atoms with Gasteiger partial charge in [0.2, 0.25) is 0 Å². The fourth-order valence-corrected chi connectivity index (χ4v) is 2.19. The number of aryl methyl sites for hydroxylation is 3. The number of nitrogens with zero attached hydrogens (tertiary/aromatic N) is 2. The van der Waals surface area contributed by atoms with Crippen LogP contribution in [0.25, 0.3) is 5.65 Å². The predicted octanol–water partition coefficient (Wildman–Crippen LogP) is 2.13.